The summed E-state index contributed by atoms with van der Waals surface area (Å²) in [6.45, 7) is 13.6. The quantitative estimate of drug-likeness (QED) is 0.627. The number of nitrogens with zero attached hydrogens (tertiary/aromatic N) is 4. The van der Waals surface area contributed by atoms with Crippen molar-refractivity contribution < 1.29 is 0 Å². The first-order valence-corrected chi connectivity index (χ1v) is 11.5. The van der Waals surface area contributed by atoms with Crippen LogP contribution in [0.2, 0.25) is 0 Å². The fraction of sp³-hybridized carbons (Fsp3) is 0.667. The Morgan fingerprint density at radius 1 is 0.567 bits per heavy atom. The molecule has 3 aliphatic heterocycles. The second-order valence-corrected chi connectivity index (χ2v) is 8.06. The van der Waals surface area contributed by atoms with E-state index in [1.54, 1.807) is 0 Å². The summed E-state index contributed by atoms with van der Waals surface area (Å²) in [7, 11) is 0. The molecule has 6 nitrogen and oxygen atoms in total. The fourth-order valence-corrected chi connectivity index (χ4v) is 3.56. The first kappa shape index (κ1) is 24.0. The number of allylic oxidation sites excluding steroid dienone is 4. The molecular weight excluding hydrogens is 372 g/mol. The molecule has 0 spiro atoms. The predicted molar refractivity (Wildman–Crippen MR) is 132 cm³/mol. The lowest BCUT2D eigenvalue weighted by atomic mass is 10.1. The van der Waals surface area contributed by atoms with Gasteiger partial charge >= 0.3 is 0 Å². The Bertz CT molecular complexity index is 716. The number of hydrogen-bond donors (Lipinski definition) is 2. The summed E-state index contributed by atoms with van der Waals surface area (Å²) in [5.74, 6) is 0. The lowest BCUT2D eigenvalue weighted by molar-refractivity contribution is 0.622. The van der Waals surface area contributed by atoms with Crippen molar-refractivity contribution in [3.8, 4) is 0 Å². The van der Waals surface area contributed by atoms with Crippen LogP contribution in [0, 0.1) is 0 Å². The van der Waals surface area contributed by atoms with E-state index in [1.165, 1.54) is 25.0 Å². The Kier molecular flexibility index (Phi) is 11.1. The Labute approximate surface area is 182 Å². The van der Waals surface area contributed by atoms with Gasteiger partial charge in [0.05, 0.1) is 0 Å². The normalized spacial score (nSPS) is 23.9. The van der Waals surface area contributed by atoms with Gasteiger partial charge in [-0.2, -0.15) is 0 Å². The molecule has 0 amide bonds. The number of aliphatic imine (C=N–C) groups is 4. The van der Waals surface area contributed by atoms with Gasteiger partial charge in [-0.1, -0.05) is 12.8 Å². The second kappa shape index (κ2) is 13.9. The van der Waals surface area contributed by atoms with Crippen LogP contribution in [0.3, 0.4) is 0 Å². The predicted octanol–water partition coefficient (Wildman–Crippen LogP) is 4.14. The van der Waals surface area contributed by atoms with Crippen molar-refractivity contribution in [1.82, 2.24) is 10.6 Å². The fourth-order valence-electron chi connectivity index (χ4n) is 3.56. The maximum atomic E-state index is 4.84. The van der Waals surface area contributed by atoms with E-state index in [4.69, 9.17) is 9.98 Å². The zero-order valence-electron chi connectivity index (χ0n) is 19.4. The van der Waals surface area contributed by atoms with Crippen LogP contribution in [0.15, 0.2) is 42.5 Å². The standard InChI is InChI=1S/C24H40N6/c1-19-23-17-25-11-9-12-26-18-24(22(4)30-16-10-15-29-21(23)3)20(2)28-14-8-6-5-7-13-27-19/h17-18,27,30H,5-16H2,1-4H3/b23-19+,24-22?,25-17?,26-18?,28-20?,29-21?. The molecule has 166 valence electrons. The van der Waals surface area contributed by atoms with E-state index in [-0.39, 0.29) is 0 Å². The van der Waals surface area contributed by atoms with Crippen molar-refractivity contribution in [2.75, 3.05) is 39.3 Å². The molecule has 3 heterocycles. The lowest BCUT2D eigenvalue weighted by Crippen LogP contribution is -2.19. The molecule has 0 aromatic rings. The van der Waals surface area contributed by atoms with Crippen molar-refractivity contribution in [3.63, 3.8) is 0 Å². The third kappa shape index (κ3) is 8.64. The number of rotatable bonds is 0. The first-order valence-electron chi connectivity index (χ1n) is 11.5. The molecule has 0 aromatic heterocycles. The van der Waals surface area contributed by atoms with E-state index in [9.17, 15) is 0 Å². The minimum Gasteiger partial charge on any atom is -0.388 e. The lowest BCUT2D eigenvalue weighted by Gasteiger charge is -2.12. The Morgan fingerprint density at radius 2 is 1.07 bits per heavy atom. The summed E-state index contributed by atoms with van der Waals surface area (Å²) in [5, 5.41) is 7.14. The zero-order valence-corrected chi connectivity index (χ0v) is 19.4. The summed E-state index contributed by atoms with van der Waals surface area (Å²) < 4.78 is 0. The number of hydrogen-bond acceptors (Lipinski definition) is 6. The maximum Gasteiger partial charge on any atom is 0.0422 e. The molecule has 6 heteroatoms. The molecule has 0 aromatic carbocycles. The average molecular weight is 413 g/mol. The van der Waals surface area contributed by atoms with Crippen LogP contribution < -0.4 is 10.6 Å². The third-order valence-corrected chi connectivity index (χ3v) is 5.50. The summed E-state index contributed by atoms with van der Waals surface area (Å²) in [4.78, 5) is 19.0. The Balaban J connectivity index is 2.35. The van der Waals surface area contributed by atoms with Crippen LogP contribution in [0.4, 0.5) is 0 Å². The summed E-state index contributed by atoms with van der Waals surface area (Å²) in [6.07, 6.45) is 10.6. The van der Waals surface area contributed by atoms with E-state index < -0.39 is 0 Å². The molecule has 3 aliphatic rings. The highest BCUT2D eigenvalue weighted by molar-refractivity contribution is 6.16. The highest BCUT2D eigenvalue weighted by atomic mass is 14.9. The Hall–Kier alpha value is -2.24. The van der Waals surface area contributed by atoms with Crippen molar-refractivity contribution in [3.05, 3.63) is 22.5 Å². The highest BCUT2D eigenvalue weighted by Crippen LogP contribution is 2.08. The molecule has 0 atom stereocenters. The number of nitrogens with one attached hydrogen (secondary N) is 2. The van der Waals surface area contributed by atoms with E-state index in [0.29, 0.717) is 0 Å². The van der Waals surface area contributed by atoms with Gasteiger partial charge in [0.15, 0.2) is 0 Å². The third-order valence-electron chi connectivity index (χ3n) is 5.50. The molecule has 0 saturated heterocycles. The summed E-state index contributed by atoms with van der Waals surface area (Å²) in [5.41, 5.74) is 6.68. The van der Waals surface area contributed by atoms with Crippen LogP contribution in [-0.2, 0) is 0 Å². The van der Waals surface area contributed by atoms with Crippen molar-refractivity contribution in [1.29, 1.82) is 0 Å². The van der Waals surface area contributed by atoms with Crippen LogP contribution in [0.25, 0.3) is 0 Å². The molecule has 2 N–H and O–H groups in total. The van der Waals surface area contributed by atoms with Gasteiger partial charge in [0.2, 0.25) is 0 Å². The highest BCUT2D eigenvalue weighted by Gasteiger charge is 2.07. The zero-order chi connectivity index (χ0) is 21.6. The largest absolute Gasteiger partial charge is 0.388 e. The van der Waals surface area contributed by atoms with Crippen molar-refractivity contribution >= 4 is 23.9 Å². The van der Waals surface area contributed by atoms with Crippen LogP contribution in [0.1, 0.15) is 66.2 Å². The van der Waals surface area contributed by atoms with Gasteiger partial charge in [-0.15, -0.1) is 0 Å². The molecule has 0 radical (unpaired) electrons. The van der Waals surface area contributed by atoms with Gasteiger partial charge < -0.3 is 10.6 Å². The molecule has 0 fully saturated rings. The summed E-state index contributed by atoms with van der Waals surface area (Å²) >= 11 is 0. The van der Waals surface area contributed by atoms with Gasteiger partial charge in [-0.05, 0) is 53.4 Å². The molecule has 0 aliphatic carbocycles. The van der Waals surface area contributed by atoms with Crippen molar-refractivity contribution in [2.45, 2.75) is 66.2 Å². The molecule has 2 bridgehead atoms. The van der Waals surface area contributed by atoms with Crippen molar-refractivity contribution in [2.24, 2.45) is 20.0 Å². The topological polar surface area (TPSA) is 73.5 Å². The molecule has 30 heavy (non-hydrogen) atoms. The number of fused-ring (bicyclic) bond motifs is 17. The Morgan fingerprint density at radius 3 is 1.67 bits per heavy atom. The second-order valence-electron chi connectivity index (χ2n) is 8.06. The molecule has 0 unspecified atom stereocenters. The van der Waals surface area contributed by atoms with Gasteiger partial charge in [-0.3, -0.25) is 20.0 Å². The van der Waals surface area contributed by atoms with Crippen LogP contribution >= 0.6 is 0 Å². The SMILES string of the molecule is CC1=NCCCCCCN/C(C)=C2\C=NCCCN=CC1=C(C)NCCCN=C2C. The monoisotopic (exact) mass is 412 g/mol. The molecular formula is C24H40N6. The smallest absolute Gasteiger partial charge is 0.0422 e. The van der Waals surface area contributed by atoms with Gasteiger partial charge in [0.25, 0.3) is 0 Å². The van der Waals surface area contributed by atoms with E-state index in [2.05, 4.69) is 48.3 Å². The van der Waals surface area contributed by atoms with Gasteiger partial charge in [0, 0.05) is 85.7 Å². The minimum atomic E-state index is 0.769. The first-order chi connectivity index (χ1) is 14.6. The van der Waals surface area contributed by atoms with E-state index >= 15 is 0 Å². The average Bonchev–Trinajstić information content (AvgIpc) is 2.72. The maximum absolute atomic E-state index is 4.84. The minimum absolute atomic E-state index is 0.769. The summed E-state index contributed by atoms with van der Waals surface area (Å²) in [6, 6.07) is 0. The van der Waals surface area contributed by atoms with Gasteiger partial charge in [-0.25, -0.2) is 0 Å². The van der Waals surface area contributed by atoms with Crippen LogP contribution in [-0.4, -0.2) is 63.1 Å². The molecule has 3 rings (SSSR count). The van der Waals surface area contributed by atoms with Gasteiger partial charge in [0.1, 0.15) is 0 Å². The molecule has 0 saturated carbocycles. The van der Waals surface area contributed by atoms with E-state index in [0.717, 1.165) is 86.8 Å². The van der Waals surface area contributed by atoms with Crippen LogP contribution in [0.5, 0.6) is 0 Å². The van der Waals surface area contributed by atoms with E-state index in [1.807, 2.05) is 12.4 Å².